The van der Waals surface area contributed by atoms with Crippen LogP contribution in [0.5, 0.6) is 0 Å². The number of hydrogen-bond donors (Lipinski definition) is 0. The minimum absolute atomic E-state index is 0.321. The number of rotatable bonds is 2. The third-order valence-corrected chi connectivity index (χ3v) is 4.42. The minimum atomic E-state index is -0.321. The van der Waals surface area contributed by atoms with Gasteiger partial charge in [0.2, 0.25) is 0 Å². The van der Waals surface area contributed by atoms with Crippen molar-refractivity contribution in [2.45, 2.75) is 0 Å². The second kappa shape index (κ2) is 6.10. The summed E-state index contributed by atoms with van der Waals surface area (Å²) in [6, 6.07) is 22.0. The zero-order valence-corrected chi connectivity index (χ0v) is 14.3. The van der Waals surface area contributed by atoms with Crippen molar-refractivity contribution in [2.24, 2.45) is 0 Å². The number of halogens is 1. The maximum absolute atomic E-state index is 12.2. The number of carbonyl (C=O) groups is 1. The number of esters is 1. The first-order chi connectivity index (χ1) is 11.7. The van der Waals surface area contributed by atoms with Crippen LogP contribution in [0.1, 0.15) is 11.1 Å². The van der Waals surface area contributed by atoms with Crippen molar-refractivity contribution in [1.82, 2.24) is 0 Å². The number of carbonyl (C=O) groups excluding carboxylic acids is 1. The smallest absolute Gasteiger partial charge is 0.343 e. The van der Waals surface area contributed by atoms with E-state index in [0.717, 1.165) is 26.4 Å². The Morgan fingerprint density at radius 3 is 2.54 bits per heavy atom. The Morgan fingerprint density at radius 2 is 1.71 bits per heavy atom. The lowest BCUT2D eigenvalue weighted by molar-refractivity contribution is -0.130. The molecule has 0 spiro atoms. The van der Waals surface area contributed by atoms with Gasteiger partial charge in [-0.25, -0.2) is 4.79 Å². The van der Waals surface area contributed by atoms with Gasteiger partial charge in [-0.2, -0.15) is 0 Å². The lowest BCUT2D eigenvalue weighted by Crippen LogP contribution is -1.97. The molecule has 1 aliphatic rings. The van der Waals surface area contributed by atoms with E-state index in [-0.39, 0.29) is 5.97 Å². The van der Waals surface area contributed by atoms with Crippen LogP contribution in [0.25, 0.3) is 22.6 Å². The predicted molar refractivity (Wildman–Crippen MR) is 100 cm³/mol. The molecule has 0 atom stereocenters. The zero-order chi connectivity index (χ0) is 16.5. The molecular weight excluding hydrogens is 364 g/mol. The van der Waals surface area contributed by atoms with Gasteiger partial charge in [0.25, 0.3) is 0 Å². The fourth-order valence-corrected chi connectivity index (χ4v) is 3.17. The molecule has 0 aromatic heterocycles. The molecule has 0 fully saturated rings. The van der Waals surface area contributed by atoms with Gasteiger partial charge in [-0.05, 0) is 46.7 Å². The summed E-state index contributed by atoms with van der Waals surface area (Å²) < 4.78 is 6.43. The summed E-state index contributed by atoms with van der Waals surface area (Å²) in [5, 5.41) is 2.28. The second-order valence-corrected chi connectivity index (χ2v) is 6.53. The summed E-state index contributed by atoms with van der Waals surface area (Å²) in [5.41, 5.74) is 2.41. The molecule has 0 aliphatic carbocycles. The molecule has 2 nitrogen and oxygen atoms in total. The van der Waals surface area contributed by atoms with Crippen LogP contribution in [-0.4, -0.2) is 5.97 Å². The summed E-state index contributed by atoms with van der Waals surface area (Å²) in [5.74, 6) is 0.269. The molecule has 24 heavy (non-hydrogen) atoms. The fraction of sp³-hybridized carbons (Fsp3) is 0. The minimum Gasteiger partial charge on any atom is -0.422 e. The Hall–Kier alpha value is -2.65. The van der Waals surface area contributed by atoms with Crippen molar-refractivity contribution in [3.63, 3.8) is 0 Å². The topological polar surface area (TPSA) is 26.3 Å². The third-order valence-electron chi connectivity index (χ3n) is 3.93. The Kier molecular flexibility index (Phi) is 3.79. The molecule has 3 heteroatoms. The van der Waals surface area contributed by atoms with E-state index in [2.05, 4.69) is 28.1 Å². The second-order valence-electron chi connectivity index (χ2n) is 5.61. The highest BCUT2D eigenvalue weighted by atomic mass is 79.9. The van der Waals surface area contributed by atoms with E-state index in [4.69, 9.17) is 4.74 Å². The Labute approximate surface area is 148 Å². The van der Waals surface area contributed by atoms with Crippen LogP contribution >= 0.6 is 15.9 Å². The van der Waals surface area contributed by atoms with E-state index >= 15 is 0 Å². The Morgan fingerprint density at radius 1 is 0.875 bits per heavy atom. The molecule has 0 radical (unpaired) electrons. The average molecular weight is 377 g/mol. The van der Waals surface area contributed by atoms with Crippen molar-refractivity contribution in [3.8, 4) is 0 Å². The predicted octanol–water partition coefficient (Wildman–Crippen LogP) is 5.58. The largest absolute Gasteiger partial charge is 0.422 e. The van der Waals surface area contributed by atoms with Gasteiger partial charge in [-0.3, -0.25) is 0 Å². The van der Waals surface area contributed by atoms with Crippen molar-refractivity contribution >= 4 is 44.5 Å². The fourth-order valence-electron chi connectivity index (χ4n) is 2.75. The SMILES string of the molecule is O=C1OC(c2ccc3ccccc3c2)=C/C1=C/c1cccc(Br)c1. The van der Waals surface area contributed by atoms with E-state index in [0.29, 0.717) is 11.3 Å². The molecule has 3 aromatic carbocycles. The van der Waals surface area contributed by atoms with Gasteiger partial charge < -0.3 is 4.74 Å². The van der Waals surface area contributed by atoms with Gasteiger partial charge in [0.05, 0.1) is 5.57 Å². The van der Waals surface area contributed by atoms with Gasteiger partial charge in [0.1, 0.15) is 5.76 Å². The lowest BCUT2D eigenvalue weighted by Gasteiger charge is -2.04. The average Bonchev–Trinajstić information content (AvgIpc) is 2.95. The quantitative estimate of drug-likeness (QED) is 0.430. The summed E-state index contributed by atoms with van der Waals surface area (Å²) in [6.45, 7) is 0. The van der Waals surface area contributed by atoms with Gasteiger partial charge >= 0.3 is 5.97 Å². The highest BCUT2D eigenvalue weighted by molar-refractivity contribution is 9.10. The van der Waals surface area contributed by atoms with Crippen molar-refractivity contribution in [1.29, 1.82) is 0 Å². The van der Waals surface area contributed by atoms with Gasteiger partial charge in [0.15, 0.2) is 0 Å². The number of cyclic esters (lactones) is 1. The maximum Gasteiger partial charge on any atom is 0.343 e. The molecule has 1 heterocycles. The number of ether oxygens (including phenoxy) is 1. The number of hydrogen-bond acceptors (Lipinski definition) is 2. The van der Waals surface area contributed by atoms with E-state index in [1.54, 1.807) is 6.08 Å². The van der Waals surface area contributed by atoms with Crippen LogP contribution in [0.3, 0.4) is 0 Å². The van der Waals surface area contributed by atoms with Crippen LogP contribution in [0, 0.1) is 0 Å². The molecule has 0 unspecified atom stereocenters. The van der Waals surface area contributed by atoms with E-state index in [1.165, 1.54) is 0 Å². The molecule has 4 rings (SSSR count). The first kappa shape index (κ1) is 14.9. The molecule has 0 saturated carbocycles. The molecular formula is C21H13BrO2. The summed E-state index contributed by atoms with van der Waals surface area (Å²) in [6.07, 6.45) is 3.63. The highest BCUT2D eigenvalue weighted by Crippen LogP contribution is 2.29. The normalized spacial score (nSPS) is 15.6. The Balaban J connectivity index is 1.72. The third kappa shape index (κ3) is 2.91. The van der Waals surface area contributed by atoms with Gasteiger partial charge in [-0.1, -0.05) is 64.5 Å². The van der Waals surface area contributed by atoms with Crippen LogP contribution in [0.4, 0.5) is 0 Å². The maximum atomic E-state index is 12.2. The first-order valence-electron chi connectivity index (χ1n) is 7.59. The highest BCUT2D eigenvalue weighted by Gasteiger charge is 2.22. The van der Waals surface area contributed by atoms with E-state index in [9.17, 15) is 4.79 Å². The summed E-state index contributed by atoms with van der Waals surface area (Å²) >= 11 is 3.44. The summed E-state index contributed by atoms with van der Waals surface area (Å²) in [7, 11) is 0. The van der Waals surface area contributed by atoms with E-state index in [1.807, 2.05) is 60.7 Å². The number of fused-ring (bicyclic) bond motifs is 1. The standard InChI is InChI=1S/C21H13BrO2/c22-19-7-3-4-14(11-19)10-18-13-20(24-21(18)23)17-9-8-15-5-1-2-6-16(15)12-17/h1-13H/b18-10-. The molecule has 3 aromatic rings. The van der Waals surface area contributed by atoms with Crippen LogP contribution in [0.2, 0.25) is 0 Å². The van der Waals surface area contributed by atoms with E-state index < -0.39 is 0 Å². The van der Waals surface area contributed by atoms with Crippen LogP contribution in [-0.2, 0) is 9.53 Å². The van der Waals surface area contributed by atoms with Crippen molar-refractivity contribution < 1.29 is 9.53 Å². The first-order valence-corrected chi connectivity index (χ1v) is 8.39. The van der Waals surface area contributed by atoms with Crippen molar-refractivity contribution in [3.05, 3.63) is 94.0 Å². The molecule has 1 aliphatic heterocycles. The van der Waals surface area contributed by atoms with Crippen LogP contribution in [0.15, 0.2) is 82.9 Å². The molecule has 0 bridgehead atoms. The molecule has 116 valence electrons. The van der Waals surface area contributed by atoms with Gasteiger partial charge in [-0.15, -0.1) is 0 Å². The zero-order valence-electron chi connectivity index (χ0n) is 12.7. The van der Waals surface area contributed by atoms with Crippen molar-refractivity contribution in [2.75, 3.05) is 0 Å². The van der Waals surface area contributed by atoms with Gasteiger partial charge in [0, 0.05) is 10.0 Å². The molecule has 0 saturated heterocycles. The lowest BCUT2D eigenvalue weighted by atomic mass is 10.1. The monoisotopic (exact) mass is 376 g/mol. The number of benzene rings is 3. The van der Waals surface area contributed by atoms with Crippen LogP contribution < -0.4 is 0 Å². The Bertz CT molecular complexity index is 1020. The molecule has 0 N–H and O–H groups in total. The molecule has 0 amide bonds. The summed E-state index contributed by atoms with van der Waals surface area (Å²) in [4.78, 5) is 12.2.